The molecular formula is C26H23FN2O. The van der Waals surface area contributed by atoms with Gasteiger partial charge in [-0.1, -0.05) is 63.2 Å². The number of carbonyl (C=O) groups is 1. The third-order valence-electron chi connectivity index (χ3n) is 5.11. The number of amides is 1. The summed E-state index contributed by atoms with van der Waals surface area (Å²) in [6.07, 6.45) is 0. The molecule has 0 saturated heterocycles. The molecule has 0 radical (unpaired) electrons. The molecule has 4 aromatic rings. The van der Waals surface area contributed by atoms with E-state index >= 15 is 0 Å². The third kappa shape index (κ3) is 4.08. The lowest BCUT2D eigenvalue weighted by molar-refractivity contribution is 0.102. The Morgan fingerprint density at radius 1 is 0.900 bits per heavy atom. The van der Waals surface area contributed by atoms with Crippen LogP contribution in [0.3, 0.4) is 0 Å². The molecule has 0 spiro atoms. The van der Waals surface area contributed by atoms with E-state index in [1.54, 1.807) is 12.1 Å². The highest BCUT2D eigenvalue weighted by Crippen LogP contribution is 2.28. The molecule has 150 valence electrons. The van der Waals surface area contributed by atoms with Crippen LogP contribution in [0, 0.1) is 5.82 Å². The van der Waals surface area contributed by atoms with Crippen molar-refractivity contribution in [2.24, 2.45) is 0 Å². The summed E-state index contributed by atoms with van der Waals surface area (Å²) in [6.45, 7) is 6.52. The standard InChI is InChI=1S/C26H23FN2O/c1-26(2,3)18-10-8-17(9-11-18)24-16-22(21-6-4-5-7-23(21)29-24)25(30)28-20-14-12-19(27)13-15-20/h4-16H,1-3H3,(H,28,30). The molecule has 1 N–H and O–H groups in total. The lowest BCUT2D eigenvalue weighted by atomic mass is 9.86. The Kier molecular flexibility index (Phi) is 5.08. The van der Waals surface area contributed by atoms with Gasteiger partial charge in [0.05, 0.1) is 16.8 Å². The van der Waals surface area contributed by atoms with E-state index in [4.69, 9.17) is 4.98 Å². The minimum atomic E-state index is -0.344. The van der Waals surface area contributed by atoms with Crippen molar-refractivity contribution >= 4 is 22.5 Å². The van der Waals surface area contributed by atoms with Crippen LogP contribution >= 0.6 is 0 Å². The molecule has 4 rings (SSSR count). The van der Waals surface area contributed by atoms with Crippen molar-refractivity contribution in [3.63, 3.8) is 0 Å². The molecule has 0 aliphatic carbocycles. The topological polar surface area (TPSA) is 42.0 Å². The lowest BCUT2D eigenvalue weighted by Gasteiger charge is -2.19. The number of aromatic nitrogens is 1. The number of para-hydroxylation sites is 1. The van der Waals surface area contributed by atoms with E-state index in [-0.39, 0.29) is 17.1 Å². The van der Waals surface area contributed by atoms with Gasteiger partial charge in [-0.2, -0.15) is 0 Å². The highest BCUT2D eigenvalue weighted by atomic mass is 19.1. The second kappa shape index (κ2) is 7.71. The van der Waals surface area contributed by atoms with Crippen molar-refractivity contribution in [3.05, 3.63) is 95.8 Å². The van der Waals surface area contributed by atoms with Gasteiger partial charge in [0.25, 0.3) is 5.91 Å². The van der Waals surface area contributed by atoms with Crippen LogP contribution in [0.2, 0.25) is 0 Å². The van der Waals surface area contributed by atoms with Crippen LogP contribution in [0.15, 0.2) is 78.9 Å². The molecule has 1 amide bonds. The molecule has 0 fully saturated rings. The van der Waals surface area contributed by atoms with Gasteiger partial charge in [0.1, 0.15) is 5.82 Å². The maximum Gasteiger partial charge on any atom is 0.256 e. The highest BCUT2D eigenvalue weighted by molar-refractivity contribution is 6.13. The van der Waals surface area contributed by atoms with E-state index in [2.05, 4.69) is 38.2 Å². The third-order valence-corrected chi connectivity index (χ3v) is 5.11. The number of hydrogen-bond donors (Lipinski definition) is 1. The van der Waals surface area contributed by atoms with Gasteiger partial charge >= 0.3 is 0 Å². The van der Waals surface area contributed by atoms with Crippen molar-refractivity contribution in [3.8, 4) is 11.3 Å². The molecule has 0 bridgehead atoms. The molecule has 3 nitrogen and oxygen atoms in total. The molecule has 30 heavy (non-hydrogen) atoms. The SMILES string of the molecule is CC(C)(C)c1ccc(-c2cc(C(=O)Nc3ccc(F)cc3)c3ccccc3n2)cc1. The van der Waals surface area contributed by atoms with Crippen molar-refractivity contribution in [1.29, 1.82) is 0 Å². The van der Waals surface area contributed by atoms with E-state index in [1.807, 2.05) is 42.5 Å². The van der Waals surface area contributed by atoms with Crippen LogP contribution in [-0.4, -0.2) is 10.9 Å². The minimum absolute atomic E-state index is 0.0650. The number of nitrogens with zero attached hydrogens (tertiary/aromatic N) is 1. The van der Waals surface area contributed by atoms with Crippen molar-refractivity contribution in [2.45, 2.75) is 26.2 Å². The molecule has 0 saturated carbocycles. The van der Waals surface area contributed by atoms with E-state index in [1.165, 1.54) is 17.7 Å². The Morgan fingerprint density at radius 3 is 2.23 bits per heavy atom. The maximum atomic E-state index is 13.2. The summed E-state index contributed by atoms with van der Waals surface area (Å²) in [5.74, 6) is -0.601. The smallest absolute Gasteiger partial charge is 0.256 e. The van der Waals surface area contributed by atoms with E-state index in [9.17, 15) is 9.18 Å². The Morgan fingerprint density at radius 2 is 1.57 bits per heavy atom. The Balaban J connectivity index is 1.76. The number of carbonyl (C=O) groups excluding carboxylic acids is 1. The van der Waals surface area contributed by atoms with Gasteiger partial charge < -0.3 is 5.32 Å². The summed E-state index contributed by atoms with van der Waals surface area (Å²) >= 11 is 0. The maximum absolute atomic E-state index is 13.2. The van der Waals surface area contributed by atoms with Crippen molar-refractivity contribution in [1.82, 2.24) is 4.98 Å². The Hall–Kier alpha value is -3.53. The minimum Gasteiger partial charge on any atom is -0.322 e. The molecule has 1 heterocycles. The van der Waals surface area contributed by atoms with Crippen LogP contribution in [0.25, 0.3) is 22.2 Å². The number of nitrogens with one attached hydrogen (secondary N) is 1. The molecule has 3 aromatic carbocycles. The van der Waals surface area contributed by atoms with Crippen molar-refractivity contribution < 1.29 is 9.18 Å². The van der Waals surface area contributed by atoms with Crippen LogP contribution in [0.1, 0.15) is 36.7 Å². The van der Waals surface area contributed by atoms with Crippen LogP contribution in [-0.2, 0) is 5.41 Å². The van der Waals surface area contributed by atoms with Gasteiger partial charge in [-0.15, -0.1) is 0 Å². The fraction of sp³-hybridized carbons (Fsp3) is 0.154. The molecule has 0 atom stereocenters. The van der Waals surface area contributed by atoms with E-state index in [0.717, 1.165) is 22.2 Å². The second-order valence-corrected chi connectivity index (χ2v) is 8.36. The summed E-state index contributed by atoms with van der Waals surface area (Å²) in [5.41, 5.74) is 4.80. The number of anilines is 1. The summed E-state index contributed by atoms with van der Waals surface area (Å²) in [6, 6.07) is 23.4. The zero-order chi connectivity index (χ0) is 21.3. The molecule has 0 aliphatic heterocycles. The fourth-order valence-corrected chi connectivity index (χ4v) is 3.38. The largest absolute Gasteiger partial charge is 0.322 e. The predicted octanol–water partition coefficient (Wildman–Crippen LogP) is 6.59. The number of fused-ring (bicyclic) bond motifs is 1. The van der Waals surface area contributed by atoms with Crippen LogP contribution in [0.5, 0.6) is 0 Å². The predicted molar refractivity (Wildman–Crippen MR) is 120 cm³/mol. The first kappa shape index (κ1) is 19.8. The lowest BCUT2D eigenvalue weighted by Crippen LogP contribution is -2.13. The second-order valence-electron chi connectivity index (χ2n) is 8.36. The van der Waals surface area contributed by atoms with Gasteiger partial charge in [-0.05, 0) is 47.4 Å². The molecule has 1 aromatic heterocycles. The summed E-state index contributed by atoms with van der Waals surface area (Å²) in [7, 11) is 0. The van der Waals surface area contributed by atoms with Crippen molar-refractivity contribution in [2.75, 3.05) is 5.32 Å². The average Bonchev–Trinajstić information content (AvgIpc) is 2.74. The van der Waals surface area contributed by atoms with Crippen LogP contribution in [0.4, 0.5) is 10.1 Å². The zero-order valence-corrected chi connectivity index (χ0v) is 17.2. The quantitative estimate of drug-likeness (QED) is 0.423. The fourth-order valence-electron chi connectivity index (χ4n) is 3.38. The monoisotopic (exact) mass is 398 g/mol. The highest BCUT2D eigenvalue weighted by Gasteiger charge is 2.16. The van der Waals surface area contributed by atoms with E-state index in [0.29, 0.717) is 11.3 Å². The first-order valence-corrected chi connectivity index (χ1v) is 9.89. The molecule has 0 aliphatic rings. The molecule has 0 unspecified atom stereocenters. The number of hydrogen-bond acceptors (Lipinski definition) is 2. The van der Waals surface area contributed by atoms with Gasteiger partial charge in [0.2, 0.25) is 0 Å². The number of halogens is 1. The zero-order valence-electron chi connectivity index (χ0n) is 17.2. The van der Waals surface area contributed by atoms with E-state index < -0.39 is 0 Å². The van der Waals surface area contributed by atoms with Crippen LogP contribution < -0.4 is 5.32 Å². The first-order valence-electron chi connectivity index (χ1n) is 9.89. The molecule has 4 heteroatoms. The summed E-state index contributed by atoms with van der Waals surface area (Å²) < 4.78 is 13.2. The van der Waals surface area contributed by atoms with Gasteiger partial charge in [0, 0.05) is 16.6 Å². The molecular weight excluding hydrogens is 375 g/mol. The Labute approximate surface area is 175 Å². The number of rotatable bonds is 3. The average molecular weight is 398 g/mol. The number of pyridine rings is 1. The summed E-state index contributed by atoms with van der Waals surface area (Å²) in [4.78, 5) is 17.8. The first-order chi connectivity index (χ1) is 14.3. The number of benzene rings is 3. The van der Waals surface area contributed by atoms with Gasteiger partial charge in [-0.25, -0.2) is 9.37 Å². The Bertz CT molecular complexity index is 1210. The van der Waals surface area contributed by atoms with Gasteiger partial charge in [0.15, 0.2) is 0 Å². The normalized spacial score (nSPS) is 11.5. The van der Waals surface area contributed by atoms with Gasteiger partial charge in [-0.3, -0.25) is 4.79 Å². The summed E-state index contributed by atoms with van der Waals surface area (Å²) in [5, 5.41) is 3.62.